The zero-order valence-electron chi connectivity index (χ0n) is 12.4. The van der Waals surface area contributed by atoms with Crippen molar-refractivity contribution in [1.82, 2.24) is 15.0 Å². The molecular formula is C12H22N6O2. The van der Waals surface area contributed by atoms with Crippen molar-refractivity contribution in [1.29, 1.82) is 0 Å². The summed E-state index contributed by atoms with van der Waals surface area (Å²) in [5.74, 6) is 0.363. The average molecular weight is 282 g/mol. The Morgan fingerprint density at radius 1 is 1.25 bits per heavy atom. The van der Waals surface area contributed by atoms with Crippen LogP contribution in [0, 0.1) is 0 Å². The summed E-state index contributed by atoms with van der Waals surface area (Å²) < 4.78 is 5.30. The van der Waals surface area contributed by atoms with Gasteiger partial charge < -0.3 is 21.1 Å². The second-order valence-electron chi connectivity index (χ2n) is 4.88. The van der Waals surface area contributed by atoms with E-state index in [0.717, 1.165) is 0 Å². The lowest BCUT2D eigenvalue weighted by molar-refractivity contribution is -0.118. The number of anilines is 2. The van der Waals surface area contributed by atoms with Crippen LogP contribution >= 0.6 is 0 Å². The van der Waals surface area contributed by atoms with Gasteiger partial charge in [-0.05, 0) is 27.7 Å². The molecule has 1 heterocycles. The normalized spacial score (nSPS) is 11.0. The van der Waals surface area contributed by atoms with E-state index in [1.165, 1.54) is 0 Å². The lowest BCUT2D eigenvalue weighted by Crippen LogP contribution is -2.36. The molecule has 1 aromatic rings. The predicted molar refractivity (Wildman–Crippen MR) is 76.7 cm³/mol. The summed E-state index contributed by atoms with van der Waals surface area (Å²) in [7, 11) is 0. The molecule has 1 rings (SSSR count). The van der Waals surface area contributed by atoms with E-state index in [4.69, 9.17) is 10.5 Å². The number of hydrogen-bond donors (Lipinski definition) is 3. The molecule has 0 spiro atoms. The molecule has 0 saturated heterocycles. The van der Waals surface area contributed by atoms with Gasteiger partial charge in [0.05, 0.1) is 6.61 Å². The Kier molecular flexibility index (Phi) is 5.48. The summed E-state index contributed by atoms with van der Waals surface area (Å²) in [6, 6.07) is 0.232. The second-order valence-corrected chi connectivity index (χ2v) is 4.88. The maximum Gasteiger partial charge on any atom is 0.323 e. The third-order valence-corrected chi connectivity index (χ3v) is 2.29. The molecular weight excluding hydrogens is 260 g/mol. The van der Waals surface area contributed by atoms with Crippen LogP contribution in [0.2, 0.25) is 0 Å². The number of nitrogens with two attached hydrogens (primary N) is 1. The molecule has 0 bridgehead atoms. The fourth-order valence-electron chi connectivity index (χ4n) is 1.63. The quantitative estimate of drug-likeness (QED) is 0.645. The van der Waals surface area contributed by atoms with Gasteiger partial charge in [0.1, 0.15) is 0 Å². The van der Waals surface area contributed by atoms with Crippen molar-refractivity contribution in [2.75, 3.05) is 23.8 Å². The highest BCUT2D eigenvalue weighted by Gasteiger charge is 2.22. The van der Waals surface area contributed by atoms with E-state index in [1.807, 2.05) is 27.7 Å². The molecule has 0 aliphatic rings. The van der Waals surface area contributed by atoms with Crippen LogP contribution < -0.4 is 21.1 Å². The van der Waals surface area contributed by atoms with Crippen LogP contribution in [0.3, 0.4) is 0 Å². The number of primary amides is 1. The topological polar surface area (TPSA) is 115 Å². The Morgan fingerprint density at radius 2 is 1.90 bits per heavy atom. The minimum absolute atomic E-state index is 0.166. The second kappa shape index (κ2) is 6.88. The maximum absolute atomic E-state index is 11.0. The summed E-state index contributed by atoms with van der Waals surface area (Å²) in [5.41, 5.74) is 4.66. The summed E-state index contributed by atoms with van der Waals surface area (Å²) in [5, 5.41) is 6.06. The Bertz CT molecular complexity index is 439. The number of carbonyl (C=O) groups excluding carboxylic acids is 1. The first-order valence-electron chi connectivity index (χ1n) is 6.55. The fourth-order valence-corrected chi connectivity index (χ4v) is 1.63. The van der Waals surface area contributed by atoms with Crippen molar-refractivity contribution < 1.29 is 9.53 Å². The Balaban J connectivity index is 2.94. The molecule has 0 saturated carbocycles. The minimum Gasteiger partial charge on any atom is -0.464 e. The van der Waals surface area contributed by atoms with Crippen molar-refractivity contribution >= 4 is 17.8 Å². The van der Waals surface area contributed by atoms with E-state index in [-0.39, 0.29) is 12.4 Å². The largest absolute Gasteiger partial charge is 0.464 e. The molecule has 112 valence electrons. The van der Waals surface area contributed by atoms with Gasteiger partial charge >= 0.3 is 6.01 Å². The maximum atomic E-state index is 11.0. The van der Waals surface area contributed by atoms with Crippen molar-refractivity contribution in [2.45, 2.75) is 39.7 Å². The average Bonchev–Trinajstić information content (AvgIpc) is 2.26. The molecule has 8 nitrogen and oxygen atoms in total. The number of nitrogens with zero attached hydrogens (tertiary/aromatic N) is 3. The molecule has 0 radical (unpaired) electrons. The van der Waals surface area contributed by atoms with Crippen LogP contribution in [-0.4, -0.2) is 39.5 Å². The van der Waals surface area contributed by atoms with Crippen LogP contribution in [0.15, 0.2) is 0 Å². The van der Waals surface area contributed by atoms with Crippen molar-refractivity contribution in [3.63, 3.8) is 0 Å². The highest BCUT2D eigenvalue weighted by Crippen LogP contribution is 2.17. The fraction of sp³-hybridized carbons (Fsp3) is 0.667. The first-order chi connectivity index (χ1) is 9.36. The number of nitrogens with one attached hydrogen (secondary N) is 2. The monoisotopic (exact) mass is 282 g/mol. The van der Waals surface area contributed by atoms with Gasteiger partial charge in [-0.1, -0.05) is 0 Å². The van der Waals surface area contributed by atoms with Crippen LogP contribution in [0.25, 0.3) is 0 Å². The molecule has 0 aliphatic carbocycles. The molecule has 0 unspecified atom stereocenters. The first-order valence-corrected chi connectivity index (χ1v) is 6.55. The smallest absolute Gasteiger partial charge is 0.323 e. The third kappa shape index (κ3) is 5.25. The van der Waals surface area contributed by atoms with Crippen molar-refractivity contribution in [3.05, 3.63) is 0 Å². The number of ether oxygens (including phenoxy) is 1. The molecule has 4 N–H and O–H groups in total. The van der Waals surface area contributed by atoms with Gasteiger partial charge in [0.2, 0.25) is 17.8 Å². The first kappa shape index (κ1) is 15.9. The summed E-state index contributed by atoms with van der Waals surface area (Å²) in [4.78, 5) is 23.5. The van der Waals surface area contributed by atoms with E-state index < -0.39 is 11.4 Å². The Morgan fingerprint density at radius 3 is 2.45 bits per heavy atom. The van der Waals surface area contributed by atoms with Gasteiger partial charge in [-0.15, -0.1) is 0 Å². The lowest BCUT2D eigenvalue weighted by Gasteiger charge is -2.24. The zero-order valence-corrected chi connectivity index (χ0v) is 12.4. The highest BCUT2D eigenvalue weighted by molar-refractivity contribution is 5.75. The summed E-state index contributed by atoms with van der Waals surface area (Å²) in [6.07, 6.45) is 0.166. The SMILES string of the molecule is CCNc1nc(NC(C)(C)CC(N)=O)nc(OCC)n1. The third-order valence-electron chi connectivity index (χ3n) is 2.29. The molecule has 8 heteroatoms. The Hall–Kier alpha value is -2.12. The van der Waals surface area contributed by atoms with Crippen LogP contribution in [0.4, 0.5) is 11.9 Å². The van der Waals surface area contributed by atoms with Gasteiger partial charge in [0.15, 0.2) is 0 Å². The highest BCUT2D eigenvalue weighted by atomic mass is 16.5. The van der Waals surface area contributed by atoms with E-state index in [0.29, 0.717) is 25.0 Å². The van der Waals surface area contributed by atoms with Gasteiger partial charge in [0, 0.05) is 18.5 Å². The molecule has 0 fully saturated rings. The summed E-state index contributed by atoms with van der Waals surface area (Å²) >= 11 is 0. The Labute approximate surface area is 118 Å². The number of hydrogen-bond acceptors (Lipinski definition) is 7. The zero-order chi connectivity index (χ0) is 15.2. The van der Waals surface area contributed by atoms with Crippen LogP contribution in [0.1, 0.15) is 34.1 Å². The summed E-state index contributed by atoms with van der Waals surface area (Å²) in [6.45, 7) is 8.61. The molecule has 1 amide bonds. The van der Waals surface area contributed by atoms with Gasteiger partial charge in [-0.3, -0.25) is 4.79 Å². The van der Waals surface area contributed by atoms with Gasteiger partial charge in [0.25, 0.3) is 0 Å². The minimum atomic E-state index is -0.555. The van der Waals surface area contributed by atoms with E-state index in [9.17, 15) is 4.79 Å². The number of carbonyl (C=O) groups is 1. The van der Waals surface area contributed by atoms with Crippen molar-refractivity contribution in [2.24, 2.45) is 5.73 Å². The van der Waals surface area contributed by atoms with Gasteiger partial charge in [-0.25, -0.2) is 0 Å². The van der Waals surface area contributed by atoms with Crippen LogP contribution in [0.5, 0.6) is 6.01 Å². The van der Waals surface area contributed by atoms with E-state index in [2.05, 4.69) is 25.6 Å². The molecule has 0 aromatic carbocycles. The number of amides is 1. The standard InChI is InChI=1S/C12H22N6O2/c1-5-14-9-15-10(17-11(16-9)20-6-2)18-12(3,4)7-8(13)19/h5-7H2,1-4H3,(H2,13,19)(H2,14,15,16,17,18). The predicted octanol–water partition coefficient (Wildman–Crippen LogP) is 0.768. The van der Waals surface area contributed by atoms with Crippen LogP contribution in [-0.2, 0) is 4.79 Å². The van der Waals surface area contributed by atoms with Gasteiger partial charge in [-0.2, -0.15) is 15.0 Å². The molecule has 0 aliphatic heterocycles. The molecule has 20 heavy (non-hydrogen) atoms. The molecule has 0 atom stereocenters. The number of rotatable bonds is 8. The molecule has 1 aromatic heterocycles. The number of aromatic nitrogens is 3. The lowest BCUT2D eigenvalue weighted by atomic mass is 10.0. The van der Waals surface area contributed by atoms with E-state index >= 15 is 0 Å². The van der Waals surface area contributed by atoms with E-state index in [1.54, 1.807) is 0 Å². The van der Waals surface area contributed by atoms with Crippen molar-refractivity contribution in [3.8, 4) is 6.01 Å².